The summed E-state index contributed by atoms with van der Waals surface area (Å²) in [6, 6.07) is 12.4. The quantitative estimate of drug-likeness (QED) is 0.329. The summed E-state index contributed by atoms with van der Waals surface area (Å²) >= 11 is 4.71. The third-order valence-corrected chi connectivity index (χ3v) is 5.27. The molecule has 0 bridgehead atoms. The summed E-state index contributed by atoms with van der Waals surface area (Å²) in [6.07, 6.45) is 3.08. The van der Waals surface area contributed by atoms with Crippen molar-refractivity contribution in [2.24, 2.45) is 0 Å². The molecule has 128 valence electrons. The zero-order valence-corrected chi connectivity index (χ0v) is 15.4. The Labute approximate surface area is 159 Å². The molecule has 0 unspecified atom stereocenters. The number of nitrogens with zero attached hydrogens (tertiary/aromatic N) is 4. The Bertz CT molecular complexity index is 1130. The van der Waals surface area contributed by atoms with Crippen LogP contribution in [0, 0.1) is 10.1 Å². The van der Waals surface area contributed by atoms with Crippen LogP contribution in [0.3, 0.4) is 0 Å². The summed E-state index contributed by atoms with van der Waals surface area (Å²) in [4.78, 5) is 15.5. The van der Waals surface area contributed by atoms with Crippen molar-refractivity contribution in [3.63, 3.8) is 0 Å². The molecule has 7 nitrogen and oxygen atoms in total. The van der Waals surface area contributed by atoms with E-state index < -0.39 is 4.92 Å². The molecule has 4 aromatic rings. The summed E-state index contributed by atoms with van der Waals surface area (Å²) in [5.74, 6) is 0.396. The fourth-order valence-corrected chi connectivity index (χ4v) is 3.75. The van der Waals surface area contributed by atoms with E-state index in [0.717, 1.165) is 14.9 Å². The molecule has 0 atom stereocenters. The van der Waals surface area contributed by atoms with Crippen LogP contribution in [-0.4, -0.2) is 20.1 Å². The van der Waals surface area contributed by atoms with E-state index in [1.807, 2.05) is 24.3 Å². The summed E-state index contributed by atoms with van der Waals surface area (Å²) in [5.41, 5.74) is 0.807. The van der Waals surface area contributed by atoms with Crippen LogP contribution >= 0.6 is 27.7 Å². The summed E-state index contributed by atoms with van der Waals surface area (Å²) < 4.78 is 6.60. The number of benzene rings is 2. The van der Waals surface area contributed by atoms with E-state index in [-0.39, 0.29) is 5.69 Å². The number of hydrogen-bond donors (Lipinski definition) is 0. The van der Waals surface area contributed by atoms with Crippen molar-refractivity contribution in [2.45, 2.75) is 10.1 Å². The van der Waals surface area contributed by atoms with Gasteiger partial charge in [0.25, 0.3) is 10.9 Å². The molecule has 0 spiro atoms. The molecular formula is C17H9BrN4O3S. The van der Waals surface area contributed by atoms with Gasteiger partial charge >= 0.3 is 0 Å². The van der Waals surface area contributed by atoms with Crippen LogP contribution in [0.5, 0.6) is 0 Å². The summed E-state index contributed by atoms with van der Waals surface area (Å²) in [5, 5.41) is 20.9. The molecule has 0 aliphatic carbocycles. The predicted molar refractivity (Wildman–Crippen MR) is 100.0 cm³/mol. The molecule has 26 heavy (non-hydrogen) atoms. The van der Waals surface area contributed by atoms with Crippen molar-refractivity contribution < 1.29 is 9.34 Å². The molecule has 0 aliphatic heterocycles. The van der Waals surface area contributed by atoms with Gasteiger partial charge in [-0.05, 0) is 52.0 Å². The topological polar surface area (TPSA) is 95.0 Å². The number of pyridine rings is 1. The van der Waals surface area contributed by atoms with Gasteiger partial charge in [-0.1, -0.05) is 12.1 Å². The fraction of sp³-hybridized carbons (Fsp3) is 0. The van der Waals surface area contributed by atoms with E-state index in [2.05, 4.69) is 31.1 Å². The molecule has 0 amide bonds. The molecular weight excluding hydrogens is 420 g/mol. The van der Waals surface area contributed by atoms with E-state index in [0.29, 0.717) is 21.9 Å². The first kappa shape index (κ1) is 16.7. The molecule has 0 saturated carbocycles. The van der Waals surface area contributed by atoms with Crippen molar-refractivity contribution in [2.75, 3.05) is 0 Å². The third kappa shape index (κ3) is 3.06. The van der Waals surface area contributed by atoms with E-state index in [4.69, 9.17) is 4.42 Å². The highest BCUT2D eigenvalue weighted by Gasteiger charge is 2.17. The van der Waals surface area contributed by atoms with E-state index in [1.54, 1.807) is 18.3 Å². The molecule has 0 saturated heterocycles. The molecule has 9 heteroatoms. The molecule has 4 rings (SSSR count). The lowest BCUT2D eigenvalue weighted by Crippen LogP contribution is -1.91. The lowest BCUT2D eigenvalue weighted by Gasteiger charge is -2.04. The van der Waals surface area contributed by atoms with Crippen LogP contribution in [-0.2, 0) is 0 Å². The number of nitro benzene ring substituents is 1. The van der Waals surface area contributed by atoms with Gasteiger partial charge < -0.3 is 4.42 Å². The van der Waals surface area contributed by atoms with Crippen molar-refractivity contribution >= 4 is 44.2 Å². The lowest BCUT2D eigenvalue weighted by molar-refractivity contribution is -0.383. The van der Waals surface area contributed by atoms with Gasteiger partial charge in [-0.25, -0.2) is 0 Å². The maximum absolute atomic E-state index is 11.2. The second-order valence-corrected chi connectivity index (χ2v) is 7.06. The largest absolute Gasteiger partial charge is 0.411 e. The number of hydrogen-bond acceptors (Lipinski definition) is 7. The maximum Gasteiger partial charge on any atom is 0.281 e. The van der Waals surface area contributed by atoms with Gasteiger partial charge in [-0.3, -0.25) is 15.1 Å². The van der Waals surface area contributed by atoms with Gasteiger partial charge in [0, 0.05) is 33.2 Å². The van der Waals surface area contributed by atoms with E-state index in [1.165, 1.54) is 24.0 Å². The van der Waals surface area contributed by atoms with Gasteiger partial charge in [-0.2, -0.15) is 0 Å². The molecule has 0 aliphatic rings. The average Bonchev–Trinajstić information content (AvgIpc) is 3.10. The molecule has 2 aromatic carbocycles. The fourth-order valence-electron chi connectivity index (χ4n) is 2.48. The zero-order valence-electron chi connectivity index (χ0n) is 13.0. The second kappa shape index (κ2) is 6.85. The smallest absolute Gasteiger partial charge is 0.281 e. The normalized spacial score (nSPS) is 11.0. The Morgan fingerprint density at radius 3 is 2.73 bits per heavy atom. The SMILES string of the molecule is O=[N+]([O-])c1ccc(Sc2nnc(-c3ccccc3Br)o2)c2ccncc12. The molecule has 0 radical (unpaired) electrons. The van der Waals surface area contributed by atoms with Crippen LogP contribution in [0.1, 0.15) is 0 Å². The van der Waals surface area contributed by atoms with Crippen LogP contribution in [0.4, 0.5) is 5.69 Å². The Morgan fingerprint density at radius 2 is 1.92 bits per heavy atom. The highest BCUT2D eigenvalue weighted by Crippen LogP contribution is 2.37. The Hall–Kier alpha value is -2.78. The molecule has 0 fully saturated rings. The summed E-state index contributed by atoms with van der Waals surface area (Å²) in [7, 11) is 0. The number of non-ortho nitro benzene ring substituents is 1. The second-order valence-electron chi connectivity index (χ2n) is 5.22. The van der Waals surface area contributed by atoms with Crippen LogP contribution in [0.15, 0.2) is 73.9 Å². The first-order valence-electron chi connectivity index (χ1n) is 7.41. The van der Waals surface area contributed by atoms with Crippen LogP contribution in [0.2, 0.25) is 0 Å². The van der Waals surface area contributed by atoms with E-state index in [9.17, 15) is 10.1 Å². The Morgan fingerprint density at radius 1 is 1.08 bits per heavy atom. The first-order chi connectivity index (χ1) is 12.6. The number of rotatable bonds is 4. The highest BCUT2D eigenvalue weighted by atomic mass is 79.9. The van der Waals surface area contributed by atoms with Crippen LogP contribution < -0.4 is 0 Å². The van der Waals surface area contributed by atoms with Crippen molar-refractivity contribution in [3.8, 4) is 11.5 Å². The number of halogens is 1. The molecule has 0 N–H and O–H groups in total. The Balaban J connectivity index is 1.72. The van der Waals surface area contributed by atoms with Gasteiger partial charge in [0.15, 0.2) is 0 Å². The third-order valence-electron chi connectivity index (χ3n) is 3.66. The number of aromatic nitrogens is 3. The van der Waals surface area contributed by atoms with Gasteiger partial charge in [0.2, 0.25) is 5.89 Å². The van der Waals surface area contributed by atoms with Gasteiger partial charge in [0.05, 0.1) is 15.9 Å². The first-order valence-corrected chi connectivity index (χ1v) is 9.02. The lowest BCUT2D eigenvalue weighted by atomic mass is 10.1. The average molecular weight is 429 g/mol. The minimum atomic E-state index is -0.420. The number of nitro groups is 1. The Kier molecular flexibility index (Phi) is 4.39. The zero-order chi connectivity index (χ0) is 18.1. The molecule has 2 heterocycles. The van der Waals surface area contributed by atoms with Gasteiger partial charge in [0.1, 0.15) is 0 Å². The van der Waals surface area contributed by atoms with Crippen molar-refractivity contribution in [1.82, 2.24) is 15.2 Å². The van der Waals surface area contributed by atoms with Crippen LogP contribution in [0.25, 0.3) is 22.2 Å². The predicted octanol–water partition coefficient (Wildman–Crippen LogP) is 5.11. The van der Waals surface area contributed by atoms with Crippen molar-refractivity contribution in [1.29, 1.82) is 0 Å². The van der Waals surface area contributed by atoms with E-state index >= 15 is 0 Å². The molecule has 2 aromatic heterocycles. The number of fused-ring (bicyclic) bond motifs is 1. The van der Waals surface area contributed by atoms with Crippen molar-refractivity contribution in [3.05, 3.63) is 69.4 Å². The minimum absolute atomic E-state index is 0.0110. The van der Waals surface area contributed by atoms with Gasteiger partial charge in [-0.15, -0.1) is 10.2 Å². The highest BCUT2D eigenvalue weighted by molar-refractivity contribution is 9.10. The monoisotopic (exact) mass is 428 g/mol. The summed E-state index contributed by atoms with van der Waals surface area (Å²) in [6.45, 7) is 0. The standard InChI is InChI=1S/C17H9BrN4O3S/c18-13-4-2-1-3-11(13)16-20-21-17(25-16)26-15-6-5-14(22(23)24)12-9-19-8-7-10(12)15/h1-9H. The minimum Gasteiger partial charge on any atom is -0.411 e. The maximum atomic E-state index is 11.2.